The number of piperazine rings is 1. The van der Waals surface area contributed by atoms with Crippen molar-refractivity contribution in [3.8, 4) is 0 Å². The highest BCUT2D eigenvalue weighted by Gasteiger charge is 2.22. The smallest absolute Gasteiger partial charge is 0.236 e. The Bertz CT molecular complexity index is 591. The number of likely N-dealkylation sites (N-methyl/N-ethyl adjacent to an activating group) is 1. The van der Waals surface area contributed by atoms with Crippen molar-refractivity contribution >= 4 is 17.3 Å². The molecule has 0 bridgehead atoms. The van der Waals surface area contributed by atoms with Gasteiger partial charge in [0.1, 0.15) is 5.82 Å². The predicted molar refractivity (Wildman–Crippen MR) is 82.6 cm³/mol. The van der Waals surface area contributed by atoms with Crippen molar-refractivity contribution in [3.05, 3.63) is 34.5 Å². The van der Waals surface area contributed by atoms with Crippen molar-refractivity contribution in [1.29, 1.82) is 0 Å². The minimum Gasteiger partial charge on any atom is -0.366 e. The molecule has 22 heavy (non-hydrogen) atoms. The van der Waals surface area contributed by atoms with Crippen LogP contribution >= 0.6 is 0 Å². The Morgan fingerprint density at radius 3 is 2.59 bits per heavy atom. The number of amides is 1. The highest BCUT2D eigenvalue weighted by Crippen LogP contribution is 2.25. The van der Waals surface area contributed by atoms with E-state index in [1.165, 1.54) is 6.07 Å². The number of halogens is 1. The number of benzene rings is 1. The summed E-state index contributed by atoms with van der Waals surface area (Å²) in [5, 5.41) is 3.38. The molecular formula is C14H19FN6O. The van der Waals surface area contributed by atoms with Crippen LogP contribution in [0.4, 0.5) is 15.8 Å². The van der Waals surface area contributed by atoms with Crippen LogP contribution in [0.5, 0.6) is 0 Å². The van der Waals surface area contributed by atoms with E-state index < -0.39 is 5.82 Å². The van der Waals surface area contributed by atoms with Gasteiger partial charge in [-0.1, -0.05) is 11.2 Å². The lowest BCUT2D eigenvalue weighted by molar-refractivity contribution is -0.132. The lowest BCUT2D eigenvalue weighted by atomic mass is 10.2. The summed E-state index contributed by atoms with van der Waals surface area (Å²) in [6.07, 6.45) is 0. The topological polar surface area (TPSA) is 75.6 Å². The van der Waals surface area contributed by atoms with Gasteiger partial charge in [0.05, 0.1) is 12.2 Å². The summed E-state index contributed by atoms with van der Waals surface area (Å²) in [5.74, 6) is -0.332. The Hall–Kier alpha value is -2.31. The molecule has 1 aromatic carbocycles. The molecule has 0 atom stereocenters. The van der Waals surface area contributed by atoms with Crippen molar-refractivity contribution in [3.63, 3.8) is 0 Å². The summed E-state index contributed by atoms with van der Waals surface area (Å²) in [5.41, 5.74) is 9.08. The fourth-order valence-electron chi connectivity index (χ4n) is 2.43. The average Bonchev–Trinajstić information content (AvgIpc) is 2.47. The summed E-state index contributed by atoms with van der Waals surface area (Å²) in [6.45, 7) is 2.69. The van der Waals surface area contributed by atoms with E-state index in [-0.39, 0.29) is 11.6 Å². The van der Waals surface area contributed by atoms with Crippen molar-refractivity contribution in [2.45, 2.75) is 0 Å². The molecule has 1 aliphatic heterocycles. The molecule has 0 N–H and O–H groups in total. The van der Waals surface area contributed by atoms with E-state index in [1.807, 2.05) is 23.9 Å². The molecule has 1 fully saturated rings. The minimum atomic E-state index is -0.419. The maximum absolute atomic E-state index is 14.1. The molecule has 118 valence electrons. The first-order valence-electron chi connectivity index (χ1n) is 7.03. The largest absolute Gasteiger partial charge is 0.366 e. The maximum Gasteiger partial charge on any atom is 0.236 e. The summed E-state index contributed by atoms with van der Waals surface area (Å²) < 4.78 is 14.1. The average molecular weight is 306 g/mol. The standard InChI is InChI=1S/C14H19FN6O/c1-19(2)10-14(22)21-7-5-20(6-8-21)13-4-3-11(17-18-16)9-12(13)15/h3-4,9H,5-8,10H2,1-2H3. The van der Waals surface area contributed by atoms with E-state index in [0.717, 1.165) is 0 Å². The van der Waals surface area contributed by atoms with Gasteiger partial charge in [-0.2, -0.15) is 0 Å². The molecule has 1 heterocycles. The first-order valence-corrected chi connectivity index (χ1v) is 7.03. The molecule has 1 saturated heterocycles. The number of carbonyl (C=O) groups excluding carboxylic acids is 1. The van der Waals surface area contributed by atoms with Crippen molar-refractivity contribution in [1.82, 2.24) is 9.80 Å². The molecule has 2 rings (SSSR count). The highest BCUT2D eigenvalue weighted by atomic mass is 19.1. The molecule has 7 nitrogen and oxygen atoms in total. The minimum absolute atomic E-state index is 0.0869. The monoisotopic (exact) mass is 306 g/mol. The summed E-state index contributed by atoms with van der Waals surface area (Å²) in [7, 11) is 3.71. The molecule has 0 spiro atoms. The van der Waals surface area contributed by atoms with Crippen LogP contribution in [0.3, 0.4) is 0 Å². The lowest BCUT2D eigenvalue weighted by Crippen LogP contribution is -2.50. The SMILES string of the molecule is CN(C)CC(=O)N1CCN(c2ccc(N=[N+]=[N-])cc2F)CC1. The van der Waals surface area contributed by atoms with Crippen LogP contribution in [-0.4, -0.2) is 62.5 Å². The Labute approximate surface area is 128 Å². The van der Waals surface area contributed by atoms with Gasteiger partial charge >= 0.3 is 0 Å². The zero-order valence-electron chi connectivity index (χ0n) is 12.7. The molecule has 0 aromatic heterocycles. The van der Waals surface area contributed by atoms with Crippen LogP contribution in [-0.2, 0) is 4.79 Å². The number of hydrogen-bond acceptors (Lipinski definition) is 4. The molecule has 8 heteroatoms. The molecule has 1 aliphatic rings. The number of carbonyl (C=O) groups is 1. The maximum atomic E-state index is 14.1. The zero-order chi connectivity index (χ0) is 16.1. The molecule has 0 radical (unpaired) electrons. The van der Waals surface area contributed by atoms with Crippen molar-refractivity contribution in [2.24, 2.45) is 5.11 Å². The second-order valence-corrected chi connectivity index (χ2v) is 5.43. The van der Waals surface area contributed by atoms with Gasteiger partial charge in [0.2, 0.25) is 5.91 Å². The van der Waals surface area contributed by atoms with E-state index >= 15 is 0 Å². The Morgan fingerprint density at radius 1 is 1.36 bits per heavy atom. The second kappa shape index (κ2) is 7.11. The van der Waals surface area contributed by atoms with Gasteiger partial charge in [0, 0.05) is 36.8 Å². The number of azide groups is 1. The second-order valence-electron chi connectivity index (χ2n) is 5.43. The third-order valence-corrected chi connectivity index (χ3v) is 3.52. The van der Waals surface area contributed by atoms with E-state index in [0.29, 0.717) is 38.4 Å². The number of nitrogens with zero attached hydrogens (tertiary/aromatic N) is 6. The van der Waals surface area contributed by atoms with Crippen molar-refractivity contribution < 1.29 is 9.18 Å². The molecule has 0 aliphatic carbocycles. The first kappa shape index (κ1) is 16.1. The fraction of sp³-hybridized carbons (Fsp3) is 0.500. The van der Waals surface area contributed by atoms with Crippen molar-refractivity contribution in [2.75, 3.05) is 51.7 Å². The molecule has 1 aromatic rings. The number of rotatable bonds is 4. The summed E-state index contributed by atoms with van der Waals surface area (Å²) in [4.78, 5) is 20.1. The highest BCUT2D eigenvalue weighted by molar-refractivity contribution is 5.78. The van der Waals surface area contributed by atoms with Crippen LogP contribution in [0.2, 0.25) is 0 Å². The molecule has 0 unspecified atom stereocenters. The van der Waals surface area contributed by atoms with E-state index in [9.17, 15) is 9.18 Å². The van der Waals surface area contributed by atoms with Crippen LogP contribution in [0.1, 0.15) is 0 Å². The van der Waals surface area contributed by atoms with Gasteiger partial charge in [-0.05, 0) is 31.8 Å². The van der Waals surface area contributed by atoms with Gasteiger partial charge in [-0.25, -0.2) is 4.39 Å². The van der Waals surface area contributed by atoms with Gasteiger partial charge in [0.25, 0.3) is 0 Å². The van der Waals surface area contributed by atoms with Gasteiger partial charge in [-0.15, -0.1) is 0 Å². The van der Waals surface area contributed by atoms with E-state index in [4.69, 9.17) is 5.53 Å². The van der Waals surface area contributed by atoms with Gasteiger partial charge < -0.3 is 14.7 Å². The summed E-state index contributed by atoms with van der Waals surface area (Å²) in [6, 6.07) is 4.41. The molecule has 1 amide bonds. The normalized spacial score (nSPS) is 14.9. The van der Waals surface area contributed by atoms with Crippen LogP contribution < -0.4 is 4.90 Å². The van der Waals surface area contributed by atoms with Crippen LogP contribution in [0, 0.1) is 5.82 Å². The number of hydrogen-bond donors (Lipinski definition) is 0. The molecule has 0 saturated carbocycles. The van der Waals surface area contributed by atoms with Gasteiger partial charge in [-0.3, -0.25) is 4.79 Å². The van der Waals surface area contributed by atoms with E-state index in [1.54, 1.807) is 17.0 Å². The fourth-order valence-corrected chi connectivity index (χ4v) is 2.43. The zero-order valence-corrected chi connectivity index (χ0v) is 12.7. The quantitative estimate of drug-likeness (QED) is 0.485. The van der Waals surface area contributed by atoms with E-state index in [2.05, 4.69) is 10.0 Å². The number of anilines is 1. The predicted octanol–water partition coefficient (Wildman–Crippen LogP) is 1.98. The first-order chi connectivity index (χ1) is 10.5. The Balaban J connectivity index is 2.00. The molecular weight excluding hydrogens is 287 g/mol. The Morgan fingerprint density at radius 2 is 2.05 bits per heavy atom. The van der Waals surface area contributed by atoms with Crippen LogP contribution in [0.25, 0.3) is 10.4 Å². The Kier molecular flexibility index (Phi) is 5.19. The van der Waals surface area contributed by atoms with Gasteiger partial charge in [0.15, 0.2) is 0 Å². The summed E-state index contributed by atoms with van der Waals surface area (Å²) >= 11 is 0. The third-order valence-electron chi connectivity index (χ3n) is 3.52. The van der Waals surface area contributed by atoms with Crippen LogP contribution in [0.15, 0.2) is 23.3 Å². The lowest BCUT2D eigenvalue weighted by Gasteiger charge is -2.36. The third kappa shape index (κ3) is 3.87.